The van der Waals surface area contributed by atoms with Gasteiger partial charge in [0, 0.05) is 17.2 Å². The molecule has 3 N–H and O–H groups in total. The van der Waals surface area contributed by atoms with Gasteiger partial charge in [-0.1, -0.05) is 13.8 Å². The van der Waals surface area contributed by atoms with E-state index in [1.54, 1.807) is 6.92 Å². The Balaban J connectivity index is 2.14. The van der Waals surface area contributed by atoms with Gasteiger partial charge < -0.3 is 10.3 Å². The van der Waals surface area contributed by atoms with E-state index in [1.807, 2.05) is 20.8 Å². The standard InChI is InChI=1S/C19H30N2O2/c1-10-8-7-9-16(11(10)2)20-14(5)19(23)18-12(3)17(15(6)22)13(4)21-18/h10-11,14,16,20-21H,7-9H2,1-6H3/p+1/t10-,11-,14-,16+/m0/s1. The molecule has 0 aliphatic heterocycles. The molecule has 0 unspecified atom stereocenters. The molecule has 1 aliphatic rings. The number of H-pyrrole nitrogens is 1. The number of aromatic nitrogens is 1. The fourth-order valence-electron chi connectivity index (χ4n) is 4.11. The Morgan fingerprint density at radius 1 is 1.22 bits per heavy atom. The van der Waals surface area contributed by atoms with Gasteiger partial charge in [-0.25, -0.2) is 0 Å². The van der Waals surface area contributed by atoms with E-state index >= 15 is 0 Å². The summed E-state index contributed by atoms with van der Waals surface area (Å²) in [7, 11) is 0. The van der Waals surface area contributed by atoms with Gasteiger partial charge in [0.15, 0.2) is 5.78 Å². The highest BCUT2D eigenvalue weighted by Crippen LogP contribution is 2.27. The van der Waals surface area contributed by atoms with Gasteiger partial charge in [0.25, 0.3) is 0 Å². The van der Waals surface area contributed by atoms with Gasteiger partial charge >= 0.3 is 0 Å². The molecule has 0 bridgehead atoms. The van der Waals surface area contributed by atoms with Gasteiger partial charge in [-0.3, -0.25) is 9.59 Å². The topological polar surface area (TPSA) is 66.5 Å². The second-order valence-corrected chi connectivity index (χ2v) is 7.46. The largest absolute Gasteiger partial charge is 0.355 e. The first kappa shape index (κ1) is 17.9. The molecule has 0 saturated heterocycles. The number of nitrogens with one attached hydrogen (secondary N) is 1. The summed E-state index contributed by atoms with van der Waals surface area (Å²) < 4.78 is 0. The van der Waals surface area contributed by atoms with E-state index in [1.165, 1.54) is 19.3 Å². The molecule has 1 aliphatic carbocycles. The Morgan fingerprint density at radius 2 is 1.87 bits per heavy atom. The fourth-order valence-corrected chi connectivity index (χ4v) is 4.11. The SMILES string of the molecule is CC(=O)c1c(C)[nH]c(C(=O)[C@H](C)[NH2+][C@@H]2CCC[C@H](C)[C@@H]2C)c1C. The zero-order valence-corrected chi connectivity index (χ0v) is 15.3. The highest BCUT2D eigenvalue weighted by Gasteiger charge is 2.33. The molecule has 23 heavy (non-hydrogen) atoms. The van der Waals surface area contributed by atoms with Crippen molar-refractivity contribution in [3.05, 3.63) is 22.5 Å². The van der Waals surface area contributed by atoms with Crippen LogP contribution < -0.4 is 5.32 Å². The van der Waals surface area contributed by atoms with Crippen LogP contribution in [0.1, 0.15) is 79.1 Å². The minimum absolute atomic E-state index is 0.0154. The minimum atomic E-state index is -0.121. The lowest BCUT2D eigenvalue weighted by Crippen LogP contribution is -2.97. The Bertz CT molecular complexity index is 603. The Labute approximate surface area is 139 Å². The zero-order valence-electron chi connectivity index (χ0n) is 15.3. The van der Waals surface area contributed by atoms with Crippen LogP contribution in [0.3, 0.4) is 0 Å². The van der Waals surface area contributed by atoms with Crippen molar-refractivity contribution in [1.82, 2.24) is 4.98 Å². The number of carbonyl (C=O) groups excluding carboxylic acids is 2. The lowest BCUT2D eigenvalue weighted by atomic mass is 9.77. The number of aryl methyl sites for hydroxylation is 1. The van der Waals surface area contributed by atoms with Crippen LogP contribution in [-0.4, -0.2) is 28.6 Å². The van der Waals surface area contributed by atoms with Crippen LogP contribution in [0.15, 0.2) is 0 Å². The average Bonchev–Trinajstić information content (AvgIpc) is 2.78. The maximum absolute atomic E-state index is 12.8. The average molecular weight is 319 g/mol. The minimum Gasteiger partial charge on any atom is -0.355 e. The first-order chi connectivity index (χ1) is 10.7. The van der Waals surface area contributed by atoms with Gasteiger partial charge in [-0.15, -0.1) is 0 Å². The first-order valence-electron chi connectivity index (χ1n) is 8.83. The second kappa shape index (κ2) is 7.00. The van der Waals surface area contributed by atoms with Crippen molar-refractivity contribution < 1.29 is 14.9 Å². The third-order valence-electron chi connectivity index (χ3n) is 5.76. The van der Waals surface area contributed by atoms with Crippen molar-refractivity contribution in [2.24, 2.45) is 11.8 Å². The van der Waals surface area contributed by atoms with E-state index in [-0.39, 0.29) is 17.6 Å². The van der Waals surface area contributed by atoms with Crippen LogP contribution >= 0.6 is 0 Å². The van der Waals surface area contributed by atoms with Gasteiger partial charge in [-0.05, 0) is 58.4 Å². The van der Waals surface area contributed by atoms with Gasteiger partial charge in [-0.2, -0.15) is 0 Å². The van der Waals surface area contributed by atoms with Gasteiger partial charge in [0.2, 0.25) is 5.78 Å². The molecule has 4 atom stereocenters. The number of ketones is 2. The monoisotopic (exact) mass is 319 g/mol. The van der Waals surface area contributed by atoms with Crippen LogP contribution in [0.4, 0.5) is 0 Å². The molecule has 4 heteroatoms. The molecule has 0 aromatic carbocycles. The second-order valence-electron chi connectivity index (χ2n) is 7.46. The molecule has 1 aromatic heterocycles. The number of rotatable bonds is 5. The fraction of sp³-hybridized carbons (Fsp3) is 0.684. The smallest absolute Gasteiger partial charge is 0.235 e. The lowest BCUT2D eigenvalue weighted by Gasteiger charge is -2.33. The molecule has 0 amide bonds. The maximum atomic E-state index is 12.8. The van der Waals surface area contributed by atoms with Crippen molar-refractivity contribution >= 4 is 11.6 Å². The van der Waals surface area contributed by atoms with Crippen molar-refractivity contribution in [2.75, 3.05) is 0 Å². The Hall–Kier alpha value is -1.42. The van der Waals surface area contributed by atoms with Crippen LogP contribution in [0.25, 0.3) is 0 Å². The summed E-state index contributed by atoms with van der Waals surface area (Å²) in [6.45, 7) is 11.9. The maximum Gasteiger partial charge on any atom is 0.235 e. The number of hydrogen-bond donors (Lipinski definition) is 2. The van der Waals surface area contributed by atoms with Crippen molar-refractivity contribution in [2.45, 2.75) is 72.9 Å². The molecular weight excluding hydrogens is 288 g/mol. The Morgan fingerprint density at radius 3 is 2.43 bits per heavy atom. The van der Waals surface area contributed by atoms with Crippen molar-refractivity contribution in [1.29, 1.82) is 0 Å². The summed E-state index contributed by atoms with van der Waals surface area (Å²) in [5, 5.41) is 2.24. The summed E-state index contributed by atoms with van der Waals surface area (Å²) in [6, 6.07) is 0.394. The normalized spacial score (nSPS) is 26.1. The van der Waals surface area contributed by atoms with E-state index in [0.717, 1.165) is 17.2 Å². The van der Waals surface area contributed by atoms with E-state index in [2.05, 4.69) is 24.1 Å². The predicted octanol–water partition coefficient (Wildman–Crippen LogP) is 2.79. The number of quaternary nitrogens is 1. The zero-order chi connectivity index (χ0) is 17.3. The van der Waals surface area contributed by atoms with Gasteiger partial charge in [0.1, 0.15) is 6.04 Å². The molecule has 1 saturated carbocycles. The molecule has 4 nitrogen and oxygen atoms in total. The molecule has 0 spiro atoms. The predicted molar refractivity (Wildman–Crippen MR) is 92.0 cm³/mol. The van der Waals surface area contributed by atoms with E-state index in [4.69, 9.17) is 0 Å². The highest BCUT2D eigenvalue weighted by atomic mass is 16.1. The molecule has 1 fully saturated rings. The van der Waals surface area contributed by atoms with Crippen LogP contribution in [0, 0.1) is 25.7 Å². The van der Waals surface area contributed by atoms with Crippen molar-refractivity contribution in [3.8, 4) is 0 Å². The molecule has 1 aromatic rings. The molecule has 1 heterocycles. The summed E-state index contributed by atoms with van der Waals surface area (Å²) >= 11 is 0. The van der Waals surface area contributed by atoms with Crippen LogP contribution in [-0.2, 0) is 0 Å². The number of Topliss-reactive ketones (excluding diaryl/α,β-unsaturated/α-hetero) is 2. The highest BCUT2D eigenvalue weighted by molar-refractivity contribution is 6.04. The quantitative estimate of drug-likeness (QED) is 0.820. The van der Waals surface area contributed by atoms with E-state index < -0.39 is 0 Å². The van der Waals surface area contributed by atoms with E-state index in [9.17, 15) is 9.59 Å². The molecule has 0 radical (unpaired) electrons. The Kier molecular flexibility index (Phi) is 5.45. The number of carbonyl (C=O) groups is 2. The number of hydrogen-bond acceptors (Lipinski definition) is 2. The first-order valence-corrected chi connectivity index (χ1v) is 8.83. The van der Waals surface area contributed by atoms with Gasteiger partial charge in [0.05, 0.1) is 11.7 Å². The molecule has 2 rings (SSSR count). The lowest BCUT2D eigenvalue weighted by molar-refractivity contribution is -0.714. The molecular formula is C19H31N2O2+. The number of aromatic amines is 1. The third kappa shape index (κ3) is 3.57. The van der Waals surface area contributed by atoms with Crippen molar-refractivity contribution in [3.63, 3.8) is 0 Å². The third-order valence-corrected chi connectivity index (χ3v) is 5.76. The molecule has 128 valence electrons. The van der Waals surface area contributed by atoms with Crippen LogP contribution in [0.5, 0.6) is 0 Å². The summed E-state index contributed by atoms with van der Waals surface area (Å²) in [5.41, 5.74) is 2.86. The van der Waals surface area contributed by atoms with Crippen LogP contribution in [0.2, 0.25) is 0 Å². The van der Waals surface area contributed by atoms with E-state index in [0.29, 0.717) is 23.2 Å². The summed E-state index contributed by atoms with van der Waals surface area (Å²) in [4.78, 5) is 27.7. The summed E-state index contributed by atoms with van der Waals surface area (Å²) in [5.74, 6) is 1.48. The number of nitrogens with two attached hydrogens (primary N) is 1. The summed E-state index contributed by atoms with van der Waals surface area (Å²) in [6.07, 6.45) is 3.73.